The van der Waals surface area contributed by atoms with E-state index in [1.54, 1.807) is 0 Å². The van der Waals surface area contributed by atoms with Gasteiger partial charge in [-0.05, 0) is 13.6 Å². The monoisotopic (exact) mass is 140 g/mol. The Hall–Kier alpha value is -0.0200. The van der Waals surface area contributed by atoms with Gasteiger partial charge in [0.25, 0.3) is 0 Å². The van der Waals surface area contributed by atoms with Crippen LogP contribution in [-0.2, 0) is 4.57 Å². The first-order chi connectivity index (χ1) is 3.65. The van der Waals surface area contributed by atoms with Gasteiger partial charge in [0.2, 0.25) is 0 Å². The van der Waals surface area contributed by atoms with Crippen LogP contribution >= 0.6 is 8.25 Å². The van der Waals surface area contributed by atoms with Crippen LogP contribution in [0.2, 0.25) is 0 Å². The third kappa shape index (κ3) is 154. The minimum atomic E-state index is -2.87. The lowest BCUT2D eigenvalue weighted by Crippen LogP contribution is -2.01. The molecule has 3 N–H and O–H groups in total. The van der Waals surface area contributed by atoms with Crippen LogP contribution in [0, 0.1) is 0 Å². The predicted molar refractivity (Wildman–Crippen MR) is 31.6 cm³/mol. The highest BCUT2D eigenvalue weighted by atomic mass is 31.1. The fourth-order valence-corrected chi connectivity index (χ4v) is 0. The van der Waals surface area contributed by atoms with Crippen LogP contribution in [0.1, 0.15) is 6.92 Å². The van der Waals surface area contributed by atoms with Crippen LogP contribution in [0.5, 0.6) is 0 Å². The summed E-state index contributed by atoms with van der Waals surface area (Å²) in [4.78, 5) is 14.2. The van der Waals surface area contributed by atoms with E-state index in [4.69, 9.17) is 14.4 Å². The quantitative estimate of drug-likeness (QED) is 0.443. The smallest absolute Gasteiger partial charge is 0.320 e. The molecular formula is C3H11NO3P+. The molecule has 5 heteroatoms. The lowest BCUT2D eigenvalue weighted by molar-refractivity contribution is 0.405. The maximum absolute atomic E-state index is 8.70. The van der Waals surface area contributed by atoms with E-state index in [0.29, 0.717) is 0 Å². The fourth-order valence-electron chi connectivity index (χ4n) is 0. The average Bonchev–Trinajstić information content (AvgIpc) is 1.65. The van der Waals surface area contributed by atoms with E-state index in [1.165, 1.54) is 0 Å². The van der Waals surface area contributed by atoms with E-state index in [1.807, 2.05) is 7.05 Å². The molecule has 0 radical (unpaired) electrons. The van der Waals surface area contributed by atoms with Crippen molar-refractivity contribution in [3.63, 3.8) is 0 Å². The summed E-state index contributed by atoms with van der Waals surface area (Å²) in [5.41, 5.74) is 0. The van der Waals surface area contributed by atoms with Gasteiger partial charge in [0.05, 0.1) is 0 Å². The molecule has 0 aliphatic rings. The van der Waals surface area contributed by atoms with Crippen LogP contribution < -0.4 is 5.32 Å². The van der Waals surface area contributed by atoms with E-state index in [-0.39, 0.29) is 0 Å². The summed E-state index contributed by atoms with van der Waals surface area (Å²) < 4.78 is 8.70. The Morgan fingerprint density at radius 2 is 1.75 bits per heavy atom. The normalized spacial score (nSPS) is 7.00. The van der Waals surface area contributed by atoms with E-state index in [9.17, 15) is 0 Å². The van der Waals surface area contributed by atoms with Gasteiger partial charge in [0.1, 0.15) is 0 Å². The van der Waals surface area contributed by atoms with Crippen LogP contribution in [0.15, 0.2) is 0 Å². The third-order valence-corrected chi connectivity index (χ3v) is 0.354. The van der Waals surface area contributed by atoms with Crippen LogP contribution in [-0.4, -0.2) is 23.4 Å². The van der Waals surface area contributed by atoms with E-state index < -0.39 is 8.25 Å². The number of hydrogen-bond acceptors (Lipinski definition) is 2. The van der Waals surface area contributed by atoms with Gasteiger partial charge in [-0.3, -0.25) is 0 Å². The van der Waals surface area contributed by atoms with Gasteiger partial charge in [-0.15, -0.1) is 9.79 Å². The van der Waals surface area contributed by atoms with Crippen molar-refractivity contribution < 1.29 is 14.4 Å². The Balaban J connectivity index is 0. The molecule has 0 aliphatic carbocycles. The molecule has 50 valence electrons. The van der Waals surface area contributed by atoms with E-state index in [2.05, 4.69) is 12.2 Å². The van der Waals surface area contributed by atoms with Crippen molar-refractivity contribution >= 4 is 8.25 Å². The second kappa shape index (κ2) is 10.1. The van der Waals surface area contributed by atoms with Gasteiger partial charge in [-0.25, -0.2) is 0 Å². The molecule has 0 aliphatic heterocycles. The summed E-state index contributed by atoms with van der Waals surface area (Å²) in [6, 6.07) is 0. The zero-order valence-electron chi connectivity index (χ0n) is 4.96. The predicted octanol–water partition coefficient (Wildman–Crippen LogP) is -0.146. The Morgan fingerprint density at radius 1 is 1.62 bits per heavy atom. The molecule has 0 atom stereocenters. The molecule has 4 nitrogen and oxygen atoms in total. The molecule has 0 saturated carbocycles. The summed E-state index contributed by atoms with van der Waals surface area (Å²) >= 11 is 0. The first-order valence-electron chi connectivity index (χ1n) is 2.14. The van der Waals surface area contributed by atoms with Crippen LogP contribution in [0.25, 0.3) is 0 Å². The van der Waals surface area contributed by atoms with Crippen molar-refractivity contribution in [3.8, 4) is 0 Å². The van der Waals surface area contributed by atoms with Crippen molar-refractivity contribution in [1.29, 1.82) is 0 Å². The van der Waals surface area contributed by atoms with Gasteiger partial charge < -0.3 is 5.32 Å². The number of rotatable bonds is 1. The molecule has 0 aromatic heterocycles. The molecule has 0 unspecified atom stereocenters. The highest BCUT2D eigenvalue weighted by Crippen LogP contribution is 1.98. The second-order valence-corrected chi connectivity index (χ2v) is 1.47. The molecule has 8 heavy (non-hydrogen) atoms. The molecule has 0 aromatic carbocycles. The molecular weight excluding hydrogens is 129 g/mol. The van der Waals surface area contributed by atoms with Gasteiger partial charge >= 0.3 is 8.25 Å². The molecule has 0 fully saturated rings. The summed E-state index contributed by atoms with van der Waals surface area (Å²) in [6.07, 6.45) is 0. The fraction of sp³-hybridized carbons (Fsp3) is 1.00. The van der Waals surface area contributed by atoms with Gasteiger partial charge in [0.15, 0.2) is 0 Å². The Bertz CT molecular complexity index is 52.5. The van der Waals surface area contributed by atoms with Gasteiger partial charge in [-0.1, -0.05) is 6.92 Å². The van der Waals surface area contributed by atoms with Crippen molar-refractivity contribution in [3.05, 3.63) is 0 Å². The Morgan fingerprint density at radius 3 is 1.75 bits per heavy atom. The Labute approximate surface area is 49.5 Å². The summed E-state index contributed by atoms with van der Waals surface area (Å²) in [7, 11) is -0.940. The van der Waals surface area contributed by atoms with Crippen molar-refractivity contribution in [1.82, 2.24) is 5.32 Å². The SMILES string of the molecule is CCNC.O=[P+](O)O. The first kappa shape index (κ1) is 10.9. The largest absolute Gasteiger partial charge is 0.692 e. The molecule has 0 rings (SSSR count). The third-order valence-electron chi connectivity index (χ3n) is 0.354. The van der Waals surface area contributed by atoms with Crippen LogP contribution in [0.4, 0.5) is 0 Å². The zero-order valence-corrected chi connectivity index (χ0v) is 5.85. The second-order valence-electron chi connectivity index (χ2n) is 0.960. The molecule has 0 heterocycles. The lowest BCUT2D eigenvalue weighted by Gasteiger charge is -1.76. The summed E-state index contributed by atoms with van der Waals surface area (Å²) in [6.45, 7) is 3.14. The van der Waals surface area contributed by atoms with Crippen LogP contribution in [0.3, 0.4) is 0 Å². The van der Waals surface area contributed by atoms with Gasteiger partial charge in [-0.2, -0.15) is 0 Å². The number of nitrogens with one attached hydrogen (secondary N) is 1. The highest BCUT2D eigenvalue weighted by Gasteiger charge is 1.93. The summed E-state index contributed by atoms with van der Waals surface area (Å²) in [5.74, 6) is 0. The maximum atomic E-state index is 8.70. The number of hydrogen-bond donors (Lipinski definition) is 3. The van der Waals surface area contributed by atoms with Crippen molar-refractivity contribution in [2.45, 2.75) is 6.92 Å². The van der Waals surface area contributed by atoms with Gasteiger partial charge in [0, 0.05) is 4.57 Å². The molecule has 0 bridgehead atoms. The molecule has 0 amide bonds. The maximum Gasteiger partial charge on any atom is 0.692 e. The minimum Gasteiger partial charge on any atom is -0.320 e. The minimum absolute atomic E-state index is 1.07. The van der Waals surface area contributed by atoms with E-state index >= 15 is 0 Å². The summed E-state index contributed by atoms with van der Waals surface area (Å²) in [5, 5.41) is 2.93. The zero-order chi connectivity index (χ0) is 6.99. The first-order valence-corrected chi connectivity index (χ1v) is 3.31. The van der Waals surface area contributed by atoms with E-state index in [0.717, 1.165) is 6.54 Å². The topological polar surface area (TPSA) is 69.6 Å². The molecule has 0 aromatic rings. The highest BCUT2D eigenvalue weighted by molar-refractivity contribution is 7.30. The molecule has 0 spiro atoms. The lowest BCUT2D eigenvalue weighted by atomic mass is 10.8. The average molecular weight is 140 g/mol. The standard InChI is InChI=1S/C3H9N.HO3P/c1-3-4-2;1-4(2)3/h4H,3H2,1-2H3;(H-,1,2,3)/p+1. The Kier molecular flexibility index (Phi) is 13.7. The van der Waals surface area contributed by atoms with Crippen molar-refractivity contribution in [2.75, 3.05) is 13.6 Å². The van der Waals surface area contributed by atoms with Crippen molar-refractivity contribution in [2.24, 2.45) is 0 Å². The molecule has 0 saturated heterocycles.